The Morgan fingerprint density at radius 1 is 1.00 bits per heavy atom. The molecule has 0 radical (unpaired) electrons. The topological polar surface area (TPSA) is 152 Å². The highest BCUT2D eigenvalue weighted by atomic mass is 32.2. The molecule has 11 nitrogen and oxygen atoms in total. The van der Waals surface area contributed by atoms with E-state index < -0.39 is 50.6 Å². The third kappa shape index (κ3) is 5.88. The van der Waals surface area contributed by atoms with Gasteiger partial charge in [0.15, 0.2) is 0 Å². The van der Waals surface area contributed by atoms with Crippen molar-refractivity contribution in [3.8, 4) is 28.7 Å². The quantitative estimate of drug-likeness (QED) is 0.260. The maximum Gasteiger partial charge on any atom is 0.416 e. The van der Waals surface area contributed by atoms with E-state index in [0.717, 1.165) is 40.7 Å². The summed E-state index contributed by atoms with van der Waals surface area (Å²) in [6, 6.07) is 18.8. The number of nitriles is 1. The number of aliphatic hydroxyl groups is 1. The molecular weight excluding hydrogens is 625 g/mol. The first kappa shape index (κ1) is 32.1. The van der Waals surface area contributed by atoms with Crippen LogP contribution in [0.1, 0.15) is 28.4 Å². The molecule has 5 rings (SSSR count). The molecule has 3 aromatic carbocycles. The van der Waals surface area contributed by atoms with Crippen LogP contribution in [-0.2, 0) is 23.2 Å². The minimum Gasteiger partial charge on any atom is -0.394 e. The van der Waals surface area contributed by atoms with E-state index in [-0.39, 0.29) is 33.9 Å². The summed E-state index contributed by atoms with van der Waals surface area (Å²) in [4.78, 5) is 26.7. The summed E-state index contributed by atoms with van der Waals surface area (Å²) in [6.45, 7) is 0.683. The van der Waals surface area contributed by atoms with Crippen LogP contribution in [0.2, 0.25) is 0 Å². The number of nitrogens with one attached hydrogen (secondary N) is 1. The summed E-state index contributed by atoms with van der Waals surface area (Å²) in [5, 5.41) is 23.6. The van der Waals surface area contributed by atoms with E-state index in [1.54, 1.807) is 30.3 Å². The van der Waals surface area contributed by atoms with Crippen LogP contribution >= 0.6 is 0 Å². The number of nitrogens with zero attached hydrogens (tertiary/aromatic N) is 5. The maximum absolute atomic E-state index is 14.0. The van der Waals surface area contributed by atoms with Crippen LogP contribution in [0.15, 0.2) is 99.5 Å². The molecule has 0 saturated carbocycles. The third-order valence-electron chi connectivity index (χ3n) is 7.31. The lowest BCUT2D eigenvalue weighted by molar-refractivity contribution is -0.137. The Hall–Kier alpha value is -5.30. The van der Waals surface area contributed by atoms with Crippen LogP contribution in [-0.4, -0.2) is 39.0 Å². The number of hydrogen-bond acceptors (Lipinski definition) is 7. The Balaban J connectivity index is 1.81. The summed E-state index contributed by atoms with van der Waals surface area (Å²) in [5.74, 6) is 0. The molecule has 5 aromatic rings. The first-order valence-corrected chi connectivity index (χ1v) is 15.0. The van der Waals surface area contributed by atoms with Gasteiger partial charge in [-0.05, 0) is 55.0 Å². The van der Waals surface area contributed by atoms with E-state index >= 15 is 0 Å². The van der Waals surface area contributed by atoms with E-state index in [2.05, 4.69) is 9.82 Å². The molecule has 15 heteroatoms. The molecule has 1 unspecified atom stereocenters. The Labute approximate surface area is 260 Å². The summed E-state index contributed by atoms with van der Waals surface area (Å²) in [7, 11) is -3.47. The predicted octanol–water partition coefficient (Wildman–Crippen LogP) is 3.60. The highest BCUT2D eigenvalue weighted by Gasteiger charge is 2.33. The number of alkyl halides is 3. The molecule has 0 spiro atoms. The SMILES string of the molecule is Cc1c(-c2c(S(=O)(=O)NC(CO)c3ccccc3)cnn2-c2ccc(C#N)cc2)c(=O)n(C)c(=O)n1-c1cccc(C(F)(F)F)c1. The molecule has 0 aliphatic carbocycles. The minimum absolute atomic E-state index is 0.166. The average molecular weight is 651 g/mol. The van der Waals surface area contributed by atoms with Gasteiger partial charge in [0.05, 0.1) is 53.0 Å². The zero-order chi connectivity index (χ0) is 33.4. The number of aliphatic hydroxyl groups excluding tert-OH is 1. The molecule has 0 saturated heterocycles. The number of halogens is 3. The van der Waals surface area contributed by atoms with E-state index in [9.17, 15) is 41.5 Å². The van der Waals surface area contributed by atoms with Crippen molar-refractivity contribution in [2.24, 2.45) is 7.05 Å². The van der Waals surface area contributed by atoms with E-state index in [0.29, 0.717) is 10.1 Å². The van der Waals surface area contributed by atoms with Gasteiger partial charge in [-0.2, -0.15) is 23.5 Å². The van der Waals surface area contributed by atoms with Crippen LogP contribution in [0.5, 0.6) is 0 Å². The van der Waals surface area contributed by atoms with E-state index in [1.165, 1.54) is 37.3 Å². The third-order valence-corrected chi connectivity index (χ3v) is 8.78. The van der Waals surface area contributed by atoms with Crippen molar-refractivity contribution in [1.82, 2.24) is 23.6 Å². The molecule has 0 fully saturated rings. The Kier molecular flexibility index (Phi) is 8.54. The van der Waals surface area contributed by atoms with Gasteiger partial charge >= 0.3 is 11.9 Å². The second kappa shape index (κ2) is 12.2. The molecule has 2 N–H and O–H groups in total. The maximum atomic E-state index is 14.0. The van der Waals surface area contributed by atoms with Gasteiger partial charge in [-0.1, -0.05) is 36.4 Å². The highest BCUT2D eigenvalue weighted by molar-refractivity contribution is 7.89. The lowest BCUT2D eigenvalue weighted by Crippen LogP contribution is -2.40. The molecule has 0 aliphatic heterocycles. The number of sulfonamides is 1. The van der Waals surface area contributed by atoms with Crippen molar-refractivity contribution in [3.63, 3.8) is 0 Å². The van der Waals surface area contributed by atoms with Crippen molar-refractivity contribution in [3.05, 3.63) is 128 Å². The van der Waals surface area contributed by atoms with Crippen molar-refractivity contribution in [1.29, 1.82) is 5.26 Å². The Bertz CT molecular complexity index is 2200. The van der Waals surface area contributed by atoms with Crippen molar-refractivity contribution in [2.75, 3.05) is 6.61 Å². The monoisotopic (exact) mass is 650 g/mol. The lowest BCUT2D eigenvalue weighted by Gasteiger charge is -2.20. The zero-order valence-corrected chi connectivity index (χ0v) is 25.0. The number of hydrogen-bond donors (Lipinski definition) is 2. The van der Waals surface area contributed by atoms with Gasteiger partial charge in [0.2, 0.25) is 10.0 Å². The van der Waals surface area contributed by atoms with Gasteiger partial charge in [-0.15, -0.1) is 0 Å². The van der Waals surface area contributed by atoms with Gasteiger partial charge < -0.3 is 5.11 Å². The Morgan fingerprint density at radius 2 is 1.67 bits per heavy atom. The van der Waals surface area contributed by atoms with E-state index in [1.807, 2.05) is 6.07 Å². The van der Waals surface area contributed by atoms with Crippen molar-refractivity contribution < 1.29 is 26.7 Å². The van der Waals surface area contributed by atoms with Crippen LogP contribution in [0.4, 0.5) is 13.2 Å². The molecule has 236 valence electrons. The highest BCUT2D eigenvalue weighted by Crippen LogP contribution is 2.33. The Morgan fingerprint density at radius 3 is 2.28 bits per heavy atom. The van der Waals surface area contributed by atoms with Gasteiger partial charge in [-0.3, -0.25) is 13.9 Å². The van der Waals surface area contributed by atoms with Gasteiger partial charge in [-0.25, -0.2) is 22.6 Å². The number of aromatic nitrogens is 4. The molecule has 0 amide bonds. The number of rotatable bonds is 8. The van der Waals surface area contributed by atoms with Crippen LogP contribution < -0.4 is 16.0 Å². The fourth-order valence-corrected chi connectivity index (χ4v) is 6.33. The zero-order valence-electron chi connectivity index (χ0n) is 24.2. The fraction of sp³-hybridized carbons (Fsp3) is 0.161. The van der Waals surface area contributed by atoms with E-state index in [4.69, 9.17) is 0 Å². The predicted molar refractivity (Wildman–Crippen MR) is 161 cm³/mol. The molecule has 2 heterocycles. The van der Waals surface area contributed by atoms with Crippen LogP contribution in [0, 0.1) is 18.3 Å². The van der Waals surface area contributed by atoms with Gasteiger partial charge in [0, 0.05) is 12.7 Å². The van der Waals surface area contributed by atoms with Gasteiger partial charge in [0.25, 0.3) is 5.56 Å². The largest absolute Gasteiger partial charge is 0.416 e. The molecule has 46 heavy (non-hydrogen) atoms. The van der Waals surface area contributed by atoms with Crippen molar-refractivity contribution >= 4 is 10.0 Å². The first-order valence-electron chi connectivity index (χ1n) is 13.6. The molecule has 0 bridgehead atoms. The second-order valence-corrected chi connectivity index (χ2v) is 11.9. The molecule has 2 aromatic heterocycles. The molecular formula is C31H25F3N6O5S. The average Bonchev–Trinajstić information content (AvgIpc) is 3.49. The molecule has 0 aliphatic rings. The van der Waals surface area contributed by atoms with Crippen LogP contribution in [0.3, 0.4) is 0 Å². The fourth-order valence-electron chi connectivity index (χ4n) is 4.99. The van der Waals surface area contributed by atoms with Gasteiger partial charge in [0.1, 0.15) is 10.6 Å². The summed E-state index contributed by atoms with van der Waals surface area (Å²) < 4.78 is 73.8. The molecule has 1 atom stereocenters. The summed E-state index contributed by atoms with van der Waals surface area (Å²) in [5.41, 5.74) is -3.03. The minimum atomic E-state index is -4.74. The number of benzene rings is 3. The summed E-state index contributed by atoms with van der Waals surface area (Å²) in [6.07, 6.45) is -3.76. The second-order valence-electron chi connectivity index (χ2n) is 10.2. The van der Waals surface area contributed by atoms with Crippen LogP contribution in [0.25, 0.3) is 22.6 Å². The lowest BCUT2D eigenvalue weighted by atomic mass is 10.1. The normalized spacial score (nSPS) is 12.5. The summed E-state index contributed by atoms with van der Waals surface area (Å²) >= 11 is 0. The standard InChI is InChI=1S/C31H25F3N6O5S/c1-19-27(29(42)38(2)30(43)39(19)24-10-6-9-22(15-24)31(32,33)34)28-26(17-36-40(28)23-13-11-20(16-35)12-14-23)46(44,45)37-25(18-41)21-7-4-3-5-8-21/h3-15,17,25,37,41H,18H2,1-2H3. The first-order chi connectivity index (χ1) is 21.8. The smallest absolute Gasteiger partial charge is 0.394 e. The van der Waals surface area contributed by atoms with Crippen molar-refractivity contribution in [2.45, 2.75) is 24.0 Å².